The van der Waals surface area contributed by atoms with Crippen LogP contribution in [0.4, 0.5) is 0 Å². The lowest BCUT2D eigenvalue weighted by molar-refractivity contribution is 0.0606. The monoisotopic (exact) mass is 376 g/mol. The fourth-order valence-corrected chi connectivity index (χ4v) is 4.17. The van der Waals surface area contributed by atoms with E-state index in [-0.39, 0.29) is 5.91 Å². The minimum atomic E-state index is 0.122. The lowest BCUT2D eigenvalue weighted by Gasteiger charge is -2.37. The van der Waals surface area contributed by atoms with E-state index in [1.807, 2.05) is 48.4 Å². The normalized spacial score (nSPS) is 17.4. The number of aryl methyl sites for hydroxylation is 1. The summed E-state index contributed by atoms with van der Waals surface area (Å²) in [4.78, 5) is 25.4. The van der Waals surface area contributed by atoms with Crippen LogP contribution in [0.2, 0.25) is 0 Å². The zero-order valence-corrected chi connectivity index (χ0v) is 16.7. The molecule has 5 nitrogen and oxygen atoms in total. The fourth-order valence-electron chi connectivity index (χ4n) is 4.17. The van der Waals surface area contributed by atoms with Gasteiger partial charge in [-0.15, -0.1) is 0 Å². The number of piperidine rings is 1. The van der Waals surface area contributed by atoms with E-state index >= 15 is 0 Å². The number of nitrogens with zero attached hydrogens (tertiary/aromatic N) is 3. The van der Waals surface area contributed by atoms with Gasteiger partial charge >= 0.3 is 0 Å². The Labute approximate surface area is 166 Å². The quantitative estimate of drug-likeness (QED) is 0.739. The topological polar surface area (TPSA) is 52.2 Å². The predicted molar refractivity (Wildman–Crippen MR) is 113 cm³/mol. The van der Waals surface area contributed by atoms with Gasteiger partial charge in [-0.25, -0.2) is 0 Å². The molecular weight excluding hydrogens is 348 g/mol. The lowest BCUT2D eigenvalue weighted by Crippen LogP contribution is -2.49. The van der Waals surface area contributed by atoms with Crippen LogP contribution >= 0.6 is 0 Å². The first-order chi connectivity index (χ1) is 13.6. The van der Waals surface area contributed by atoms with Crippen LogP contribution in [-0.4, -0.2) is 58.4 Å². The number of nitrogens with one attached hydrogen (secondary N) is 1. The van der Waals surface area contributed by atoms with Crippen molar-refractivity contribution in [1.29, 1.82) is 0 Å². The molecule has 1 aliphatic heterocycles. The maximum absolute atomic E-state index is 13.2. The number of benzene rings is 1. The second-order valence-corrected chi connectivity index (χ2v) is 7.77. The Balaban J connectivity index is 1.42. The average molecular weight is 377 g/mol. The van der Waals surface area contributed by atoms with Gasteiger partial charge in [-0.2, -0.15) is 0 Å². The summed E-state index contributed by atoms with van der Waals surface area (Å²) in [5.74, 6) is 0.122. The van der Waals surface area contributed by atoms with Gasteiger partial charge in [0.2, 0.25) is 0 Å². The molecule has 3 aromatic rings. The number of hydrogen-bond donors (Lipinski definition) is 1. The lowest BCUT2D eigenvalue weighted by atomic mass is 10.0. The number of fused-ring (bicyclic) bond motifs is 1. The number of para-hydroxylation sites is 1. The molecule has 0 aliphatic carbocycles. The molecule has 0 saturated carbocycles. The molecule has 4 rings (SSSR count). The highest BCUT2D eigenvalue weighted by atomic mass is 16.2. The van der Waals surface area contributed by atoms with Gasteiger partial charge in [-0.05, 0) is 50.6 Å². The van der Waals surface area contributed by atoms with E-state index < -0.39 is 0 Å². The minimum absolute atomic E-state index is 0.122. The van der Waals surface area contributed by atoms with Crippen molar-refractivity contribution in [2.24, 2.45) is 0 Å². The van der Waals surface area contributed by atoms with Crippen molar-refractivity contribution in [3.05, 3.63) is 65.6 Å². The van der Waals surface area contributed by atoms with Gasteiger partial charge < -0.3 is 14.8 Å². The molecule has 3 heterocycles. The molecule has 1 amide bonds. The molecular formula is C23H28N4O. The van der Waals surface area contributed by atoms with Crippen molar-refractivity contribution < 1.29 is 4.79 Å². The Morgan fingerprint density at radius 1 is 1.25 bits per heavy atom. The van der Waals surface area contributed by atoms with Gasteiger partial charge in [-0.1, -0.05) is 24.3 Å². The van der Waals surface area contributed by atoms with Crippen LogP contribution in [0.5, 0.6) is 0 Å². The molecule has 5 heteroatoms. The molecule has 0 bridgehead atoms. The highest BCUT2D eigenvalue weighted by Crippen LogP contribution is 2.24. The number of carbonyl (C=O) groups excluding carboxylic acids is 1. The van der Waals surface area contributed by atoms with Gasteiger partial charge in [0.15, 0.2) is 0 Å². The molecule has 0 radical (unpaired) electrons. The number of likely N-dealkylation sites (N-methyl/N-ethyl adjacent to an activating group) is 1. The van der Waals surface area contributed by atoms with E-state index in [1.54, 1.807) is 0 Å². The van der Waals surface area contributed by atoms with E-state index in [2.05, 4.69) is 34.0 Å². The number of H-pyrrole nitrogens is 1. The summed E-state index contributed by atoms with van der Waals surface area (Å²) in [6.07, 6.45) is 4.96. The van der Waals surface area contributed by atoms with Crippen molar-refractivity contribution in [3.63, 3.8) is 0 Å². The van der Waals surface area contributed by atoms with Crippen LogP contribution in [0.15, 0.2) is 48.7 Å². The maximum atomic E-state index is 13.2. The van der Waals surface area contributed by atoms with Crippen LogP contribution in [-0.2, 0) is 6.42 Å². The van der Waals surface area contributed by atoms with E-state index in [1.165, 1.54) is 0 Å². The van der Waals surface area contributed by atoms with E-state index in [0.29, 0.717) is 6.04 Å². The molecule has 0 spiro atoms. The first-order valence-corrected chi connectivity index (χ1v) is 10.1. The Morgan fingerprint density at radius 2 is 2.07 bits per heavy atom. The number of hydrogen-bond acceptors (Lipinski definition) is 3. The third-order valence-corrected chi connectivity index (χ3v) is 5.93. The van der Waals surface area contributed by atoms with Crippen molar-refractivity contribution in [2.75, 3.05) is 26.7 Å². The third kappa shape index (κ3) is 3.80. The molecule has 1 N–H and O–H groups in total. The summed E-state index contributed by atoms with van der Waals surface area (Å²) in [5, 5.41) is 1.13. The van der Waals surface area contributed by atoms with Crippen molar-refractivity contribution >= 4 is 16.8 Å². The molecule has 1 unspecified atom stereocenters. The number of carbonyl (C=O) groups is 1. The summed E-state index contributed by atoms with van der Waals surface area (Å²) in [6.45, 7) is 4.60. The zero-order chi connectivity index (χ0) is 19.5. The Hall–Kier alpha value is -2.66. The molecule has 1 aromatic carbocycles. The van der Waals surface area contributed by atoms with Crippen LogP contribution in [0.1, 0.15) is 34.6 Å². The first kappa shape index (κ1) is 18.7. The molecule has 1 aliphatic rings. The zero-order valence-electron chi connectivity index (χ0n) is 16.7. The molecule has 146 valence electrons. The summed E-state index contributed by atoms with van der Waals surface area (Å²) in [6, 6.07) is 14.6. The number of pyridine rings is 1. The van der Waals surface area contributed by atoms with Crippen molar-refractivity contribution in [1.82, 2.24) is 19.8 Å². The van der Waals surface area contributed by atoms with Crippen LogP contribution in [0, 0.1) is 6.92 Å². The van der Waals surface area contributed by atoms with Crippen molar-refractivity contribution in [3.8, 4) is 0 Å². The molecule has 1 fully saturated rings. The van der Waals surface area contributed by atoms with E-state index in [0.717, 1.165) is 66.8 Å². The largest absolute Gasteiger partial charge is 0.350 e. The standard InChI is InChI=1S/C23H28N4O/c1-17-20-10-3-4-11-21(20)25-22(17)23(28)27-14-7-9-19(16-27)26(2)15-12-18-8-5-6-13-24-18/h3-6,8,10-11,13,19,25H,7,9,12,14-16H2,1-2H3. The summed E-state index contributed by atoms with van der Waals surface area (Å²) in [7, 11) is 2.16. The SMILES string of the molecule is Cc1c(C(=O)N2CCCC(N(C)CCc3ccccn3)C2)[nH]c2ccccc12. The van der Waals surface area contributed by atoms with Gasteiger partial charge in [0, 0.05) is 54.9 Å². The number of likely N-dealkylation sites (tertiary alicyclic amines) is 1. The smallest absolute Gasteiger partial charge is 0.270 e. The Morgan fingerprint density at radius 3 is 2.86 bits per heavy atom. The summed E-state index contributed by atoms with van der Waals surface area (Å²) >= 11 is 0. The highest BCUT2D eigenvalue weighted by Gasteiger charge is 2.28. The summed E-state index contributed by atoms with van der Waals surface area (Å²) in [5.41, 5.74) is 3.93. The van der Waals surface area contributed by atoms with Crippen LogP contribution < -0.4 is 0 Å². The summed E-state index contributed by atoms with van der Waals surface area (Å²) < 4.78 is 0. The predicted octanol–water partition coefficient (Wildman–Crippen LogP) is 3.65. The van der Waals surface area contributed by atoms with Gasteiger partial charge in [0.1, 0.15) is 5.69 Å². The molecule has 2 aromatic heterocycles. The van der Waals surface area contributed by atoms with Crippen LogP contribution in [0.3, 0.4) is 0 Å². The number of rotatable bonds is 5. The molecule has 28 heavy (non-hydrogen) atoms. The maximum Gasteiger partial charge on any atom is 0.270 e. The highest BCUT2D eigenvalue weighted by molar-refractivity contribution is 6.00. The van der Waals surface area contributed by atoms with E-state index in [4.69, 9.17) is 0 Å². The molecule has 1 atom stereocenters. The third-order valence-electron chi connectivity index (χ3n) is 5.93. The van der Waals surface area contributed by atoms with Gasteiger partial charge in [-0.3, -0.25) is 9.78 Å². The van der Waals surface area contributed by atoms with Crippen molar-refractivity contribution in [2.45, 2.75) is 32.2 Å². The Kier molecular flexibility index (Phi) is 5.44. The average Bonchev–Trinajstić information content (AvgIpc) is 3.09. The van der Waals surface area contributed by atoms with E-state index in [9.17, 15) is 4.79 Å². The number of amides is 1. The number of aromatic amines is 1. The Bertz CT molecular complexity index is 950. The van der Waals surface area contributed by atoms with Crippen LogP contribution in [0.25, 0.3) is 10.9 Å². The van der Waals surface area contributed by atoms with Gasteiger partial charge in [0.25, 0.3) is 5.91 Å². The molecule has 1 saturated heterocycles. The fraction of sp³-hybridized carbons (Fsp3) is 0.391. The minimum Gasteiger partial charge on any atom is -0.350 e. The second kappa shape index (κ2) is 8.15. The van der Waals surface area contributed by atoms with Gasteiger partial charge in [0.05, 0.1) is 0 Å². The first-order valence-electron chi connectivity index (χ1n) is 10.1. The second-order valence-electron chi connectivity index (χ2n) is 7.77. The number of aromatic nitrogens is 2.